The minimum atomic E-state index is -0.577. The van der Waals surface area contributed by atoms with Crippen molar-refractivity contribution >= 4 is 18.9 Å². The number of carbonyl (C=O) groups is 1. The van der Waals surface area contributed by atoms with Crippen molar-refractivity contribution in [2.75, 3.05) is 13.7 Å². The zero-order chi connectivity index (χ0) is 22.7. The molecule has 3 N–H and O–H groups in total. The van der Waals surface area contributed by atoms with Crippen molar-refractivity contribution in [1.82, 2.24) is 0 Å². The number of hydrogen-bond acceptors (Lipinski definition) is 7. The van der Waals surface area contributed by atoms with Gasteiger partial charge in [0, 0.05) is 13.8 Å². The predicted octanol–water partition coefficient (Wildman–Crippen LogP) is 3.39. The SMILES string of the molecule is C=NOC(CC)CC(=O)OC/C(N)=C(\C=NC)[N+](=O)O.CC.Cc1ccccc1. The molecule has 0 saturated heterocycles. The average molecular weight is 410 g/mol. The van der Waals surface area contributed by atoms with E-state index in [4.69, 9.17) is 20.5 Å². The van der Waals surface area contributed by atoms with E-state index in [9.17, 15) is 9.70 Å². The minimum absolute atomic E-state index is 0.0276. The Morgan fingerprint density at radius 2 is 1.93 bits per heavy atom. The Morgan fingerprint density at radius 3 is 2.31 bits per heavy atom. The third kappa shape index (κ3) is 14.5. The highest BCUT2D eigenvalue weighted by Crippen LogP contribution is 2.06. The van der Waals surface area contributed by atoms with Crippen molar-refractivity contribution < 1.29 is 24.5 Å². The first kappa shape index (κ1) is 28.0. The summed E-state index contributed by atoms with van der Waals surface area (Å²) in [5, 5.41) is 12.0. The lowest BCUT2D eigenvalue weighted by Crippen LogP contribution is -2.21. The number of nitrogens with zero attached hydrogens (tertiary/aromatic N) is 3. The number of aliphatic imine (C=N–C) groups is 1. The maximum Gasteiger partial charge on any atom is 0.356 e. The number of esters is 1. The minimum Gasteiger partial charge on any atom is -0.459 e. The van der Waals surface area contributed by atoms with Crippen LogP contribution < -0.4 is 5.73 Å². The topological polar surface area (TPSA) is 127 Å². The molecular weight excluding hydrogens is 376 g/mol. The Morgan fingerprint density at radius 1 is 1.34 bits per heavy atom. The van der Waals surface area contributed by atoms with Crippen LogP contribution in [0.1, 0.15) is 39.2 Å². The van der Waals surface area contributed by atoms with Crippen molar-refractivity contribution in [3.05, 3.63) is 52.2 Å². The van der Waals surface area contributed by atoms with E-state index in [0.29, 0.717) is 6.42 Å². The molecule has 0 heterocycles. The van der Waals surface area contributed by atoms with Crippen LogP contribution in [0.15, 0.2) is 51.9 Å². The molecule has 0 aliphatic carbocycles. The molecule has 29 heavy (non-hydrogen) atoms. The first-order valence-electron chi connectivity index (χ1n) is 9.21. The molecule has 0 fully saturated rings. The van der Waals surface area contributed by atoms with Crippen molar-refractivity contribution in [2.24, 2.45) is 15.9 Å². The fraction of sp³-hybridized carbons (Fsp3) is 0.450. The fourth-order valence-electron chi connectivity index (χ4n) is 1.75. The number of ether oxygens (including phenoxy) is 1. The summed E-state index contributed by atoms with van der Waals surface area (Å²) in [6.07, 6.45) is 1.14. The number of oxime groups is 1. The van der Waals surface area contributed by atoms with Gasteiger partial charge in [0.2, 0.25) is 0 Å². The summed E-state index contributed by atoms with van der Waals surface area (Å²) < 4.78 is 4.86. The summed E-state index contributed by atoms with van der Waals surface area (Å²) in [6.45, 7) is 10.7. The molecule has 0 radical (unpaired) electrons. The van der Waals surface area contributed by atoms with Gasteiger partial charge in [0.15, 0.2) is 0 Å². The third-order valence-electron chi connectivity index (χ3n) is 3.19. The van der Waals surface area contributed by atoms with Crippen molar-refractivity contribution in [2.45, 2.75) is 46.6 Å². The lowest BCUT2D eigenvalue weighted by Gasteiger charge is -2.11. The zero-order valence-corrected chi connectivity index (χ0v) is 17.9. The molecule has 1 unspecified atom stereocenters. The summed E-state index contributed by atoms with van der Waals surface area (Å²) in [5.74, 6) is -0.577. The molecule has 1 rings (SSSR count). The molecule has 1 aromatic carbocycles. The first-order chi connectivity index (χ1) is 13.8. The van der Waals surface area contributed by atoms with E-state index in [1.54, 1.807) is 0 Å². The van der Waals surface area contributed by atoms with E-state index in [1.165, 1.54) is 12.6 Å². The van der Waals surface area contributed by atoms with E-state index in [2.05, 4.69) is 35.9 Å². The molecule has 0 aliphatic heterocycles. The van der Waals surface area contributed by atoms with Crippen molar-refractivity contribution in [1.29, 1.82) is 0 Å². The molecule has 0 spiro atoms. The number of allylic oxidation sites excluding steroid dienone is 1. The molecule has 1 atom stereocenters. The predicted molar refractivity (Wildman–Crippen MR) is 114 cm³/mol. The number of nitrogens with two attached hydrogens (primary N) is 1. The van der Waals surface area contributed by atoms with Gasteiger partial charge in [-0.1, -0.05) is 56.7 Å². The lowest BCUT2D eigenvalue weighted by atomic mass is 10.2. The largest absolute Gasteiger partial charge is 0.459 e. The summed E-state index contributed by atoms with van der Waals surface area (Å²) in [7, 11) is 1.40. The van der Waals surface area contributed by atoms with Gasteiger partial charge in [0.1, 0.15) is 24.6 Å². The van der Waals surface area contributed by atoms with E-state index in [-0.39, 0.29) is 24.4 Å². The Hall–Kier alpha value is -3.23. The monoisotopic (exact) mass is 409 g/mol. The molecular formula is C20H33N4O5+. The third-order valence-corrected chi connectivity index (χ3v) is 3.19. The summed E-state index contributed by atoms with van der Waals surface area (Å²) >= 11 is 0. The summed E-state index contributed by atoms with van der Waals surface area (Å²) in [4.78, 5) is 30.2. The van der Waals surface area contributed by atoms with Gasteiger partial charge in [0.25, 0.3) is 4.92 Å². The molecule has 9 heteroatoms. The van der Waals surface area contributed by atoms with E-state index in [1.807, 2.05) is 39.0 Å². The van der Waals surface area contributed by atoms with Gasteiger partial charge < -0.3 is 15.3 Å². The number of hydrogen-bond donors (Lipinski definition) is 2. The van der Waals surface area contributed by atoms with Crippen LogP contribution in [0.4, 0.5) is 0 Å². The van der Waals surface area contributed by atoms with Gasteiger partial charge >= 0.3 is 11.7 Å². The van der Waals surface area contributed by atoms with Crippen molar-refractivity contribution in [3.63, 3.8) is 0 Å². The Bertz CT molecular complexity index is 660. The quantitative estimate of drug-likeness (QED) is 0.366. The maximum absolute atomic E-state index is 11.5. The van der Waals surface area contributed by atoms with Crippen LogP contribution >= 0.6 is 0 Å². The maximum atomic E-state index is 11.5. The highest BCUT2D eigenvalue weighted by molar-refractivity contribution is 5.76. The van der Waals surface area contributed by atoms with Crippen LogP contribution in [0.25, 0.3) is 0 Å². The van der Waals surface area contributed by atoms with Gasteiger partial charge in [-0.05, 0) is 13.3 Å². The van der Waals surface area contributed by atoms with Crippen molar-refractivity contribution in [3.8, 4) is 0 Å². The van der Waals surface area contributed by atoms with Gasteiger partial charge in [-0.25, -0.2) is 5.21 Å². The average Bonchev–Trinajstić information content (AvgIpc) is 2.72. The second-order valence-electron chi connectivity index (χ2n) is 5.35. The summed E-state index contributed by atoms with van der Waals surface area (Å²) in [6, 6.07) is 10.3. The molecule has 0 aliphatic rings. The second-order valence-corrected chi connectivity index (χ2v) is 5.35. The Kier molecular flexibility index (Phi) is 17.5. The fourth-order valence-corrected chi connectivity index (χ4v) is 1.75. The molecule has 1 aromatic rings. The van der Waals surface area contributed by atoms with E-state index < -0.39 is 17.0 Å². The molecule has 9 nitrogen and oxygen atoms in total. The standard InChI is InChI=1S/C11H19N4O5.C7H8.C2H6/c1-4-8(20-14-3)5-11(16)19-7-9(12)10(6-13-2)15(17)18;1-7-5-3-2-4-6-7;1-2/h6,8H,3-5,7,12H2,1-2H3,(H,17,18);2-6H,1H3;1-2H3/q+1;;/b10-9-,13-6?;;. The Balaban J connectivity index is 0. The van der Waals surface area contributed by atoms with Gasteiger partial charge in [-0.2, -0.15) is 0 Å². The second kappa shape index (κ2) is 18.1. The number of rotatable bonds is 9. The van der Waals surface area contributed by atoms with Crippen LogP contribution in [-0.4, -0.2) is 48.8 Å². The molecule has 0 bridgehead atoms. The number of aryl methyl sites for hydroxylation is 1. The number of benzene rings is 1. The molecule has 0 saturated carbocycles. The van der Waals surface area contributed by atoms with Gasteiger partial charge in [-0.15, -0.1) is 5.16 Å². The molecule has 0 aromatic heterocycles. The van der Waals surface area contributed by atoms with Crippen LogP contribution in [0.2, 0.25) is 0 Å². The van der Waals surface area contributed by atoms with Crippen LogP contribution in [-0.2, 0) is 14.4 Å². The van der Waals surface area contributed by atoms with Gasteiger partial charge in [0.05, 0.1) is 11.3 Å². The number of carbonyl (C=O) groups excluding carboxylic acids is 1. The van der Waals surface area contributed by atoms with Gasteiger partial charge in [-0.3, -0.25) is 9.79 Å². The molecule has 0 amide bonds. The molecule has 162 valence electrons. The van der Waals surface area contributed by atoms with Crippen LogP contribution in [0.3, 0.4) is 0 Å². The highest BCUT2D eigenvalue weighted by Gasteiger charge is 2.21. The lowest BCUT2D eigenvalue weighted by molar-refractivity contribution is -0.750. The smallest absolute Gasteiger partial charge is 0.356 e. The van der Waals surface area contributed by atoms with Crippen LogP contribution in [0.5, 0.6) is 0 Å². The van der Waals surface area contributed by atoms with Crippen LogP contribution in [0, 0.1) is 11.8 Å². The van der Waals surface area contributed by atoms with E-state index >= 15 is 0 Å². The Labute approximate surface area is 172 Å². The normalized spacial score (nSPS) is 11.6. The highest BCUT2D eigenvalue weighted by atomic mass is 16.6. The first-order valence-corrected chi connectivity index (χ1v) is 9.21. The summed E-state index contributed by atoms with van der Waals surface area (Å²) in [5.41, 5.74) is 6.42. The zero-order valence-electron chi connectivity index (χ0n) is 17.9. The van der Waals surface area contributed by atoms with E-state index in [0.717, 1.165) is 6.21 Å².